The molecule has 2 rings (SSSR count). The SMILES string of the molecule is CNC1COCC1C(=O)N(C)Cc1cc(C#N)ccc1F. The smallest absolute Gasteiger partial charge is 0.229 e. The Morgan fingerprint density at radius 1 is 1.57 bits per heavy atom. The predicted octanol–water partition coefficient (Wildman–Crippen LogP) is 0.890. The molecular formula is C15H18FN3O2. The summed E-state index contributed by atoms with van der Waals surface area (Å²) < 4.78 is 19.1. The van der Waals surface area contributed by atoms with E-state index in [0.717, 1.165) is 0 Å². The first-order valence-corrected chi connectivity index (χ1v) is 6.75. The first-order valence-electron chi connectivity index (χ1n) is 6.75. The second-order valence-corrected chi connectivity index (χ2v) is 5.15. The Balaban J connectivity index is 2.09. The van der Waals surface area contributed by atoms with Gasteiger partial charge in [-0.1, -0.05) is 0 Å². The highest BCUT2D eigenvalue weighted by atomic mass is 19.1. The molecule has 0 bridgehead atoms. The number of carbonyl (C=O) groups excluding carboxylic acids is 1. The third kappa shape index (κ3) is 3.38. The predicted molar refractivity (Wildman–Crippen MR) is 74.7 cm³/mol. The zero-order valence-corrected chi connectivity index (χ0v) is 12.1. The molecule has 0 spiro atoms. The normalized spacial score (nSPS) is 21.0. The molecule has 2 unspecified atom stereocenters. The third-order valence-electron chi connectivity index (χ3n) is 3.73. The van der Waals surface area contributed by atoms with E-state index < -0.39 is 5.82 Å². The Morgan fingerprint density at radius 3 is 3.00 bits per heavy atom. The summed E-state index contributed by atoms with van der Waals surface area (Å²) in [5.74, 6) is -0.766. The van der Waals surface area contributed by atoms with Crippen LogP contribution in [0.3, 0.4) is 0 Å². The molecule has 1 fully saturated rings. The van der Waals surface area contributed by atoms with Gasteiger partial charge in [-0.05, 0) is 25.2 Å². The van der Waals surface area contributed by atoms with Crippen LogP contribution in [-0.4, -0.2) is 44.2 Å². The maximum absolute atomic E-state index is 13.8. The zero-order valence-electron chi connectivity index (χ0n) is 12.1. The number of benzene rings is 1. The Labute approximate surface area is 123 Å². The van der Waals surface area contributed by atoms with E-state index in [1.54, 1.807) is 14.1 Å². The minimum atomic E-state index is -0.415. The standard InChI is InChI=1S/C15H18FN3O2/c1-18-14-9-21-8-12(14)15(20)19(2)7-11-5-10(6-17)3-4-13(11)16/h3-5,12,14,18H,7-9H2,1-2H3. The lowest BCUT2D eigenvalue weighted by molar-refractivity contribution is -0.135. The maximum Gasteiger partial charge on any atom is 0.229 e. The highest BCUT2D eigenvalue weighted by Gasteiger charge is 2.34. The van der Waals surface area contributed by atoms with Gasteiger partial charge in [0, 0.05) is 25.2 Å². The molecule has 1 heterocycles. The van der Waals surface area contributed by atoms with Gasteiger partial charge in [-0.25, -0.2) is 4.39 Å². The van der Waals surface area contributed by atoms with Crippen molar-refractivity contribution < 1.29 is 13.9 Å². The average Bonchev–Trinajstić information content (AvgIpc) is 2.97. The summed E-state index contributed by atoms with van der Waals surface area (Å²) in [6.07, 6.45) is 0. The van der Waals surface area contributed by atoms with Gasteiger partial charge in [0.25, 0.3) is 0 Å². The molecule has 5 nitrogen and oxygen atoms in total. The fourth-order valence-corrected chi connectivity index (χ4v) is 2.46. The van der Waals surface area contributed by atoms with Crippen LogP contribution in [0.4, 0.5) is 4.39 Å². The van der Waals surface area contributed by atoms with E-state index in [2.05, 4.69) is 5.32 Å². The maximum atomic E-state index is 13.8. The van der Waals surface area contributed by atoms with Gasteiger partial charge in [0.15, 0.2) is 0 Å². The number of ether oxygens (including phenoxy) is 1. The Morgan fingerprint density at radius 2 is 2.33 bits per heavy atom. The number of nitrogens with one attached hydrogen (secondary N) is 1. The Kier molecular flexibility index (Phi) is 4.89. The van der Waals surface area contributed by atoms with Gasteiger partial charge in [0.05, 0.1) is 30.8 Å². The molecule has 2 atom stereocenters. The highest BCUT2D eigenvalue weighted by Crippen LogP contribution is 2.18. The second kappa shape index (κ2) is 6.66. The lowest BCUT2D eigenvalue weighted by Crippen LogP contribution is -2.43. The first-order chi connectivity index (χ1) is 10.1. The summed E-state index contributed by atoms with van der Waals surface area (Å²) >= 11 is 0. The van der Waals surface area contributed by atoms with Gasteiger partial charge in [0.2, 0.25) is 5.91 Å². The molecule has 0 saturated carbocycles. The largest absolute Gasteiger partial charge is 0.379 e. The summed E-state index contributed by atoms with van der Waals surface area (Å²) in [6, 6.07) is 6.09. The molecule has 21 heavy (non-hydrogen) atoms. The highest BCUT2D eigenvalue weighted by molar-refractivity contribution is 5.79. The zero-order chi connectivity index (χ0) is 15.4. The van der Waals surface area contributed by atoms with Gasteiger partial charge in [0.1, 0.15) is 5.82 Å². The van der Waals surface area contributed by atoms with Crippen molar-refractivity contribution in [3.63, 3.8) is 0 Å². The molecule has 1 aliphatic heterocycles. The van der Waals surface area contributed by atoms with Crippen LogP contribution in [0.25, 0.3) is 0 Å². The molecule has 1 aromatic rings. The quantitative estimate of drug-likeness (QED) is 0.895. The van der Waals surface area contributed by atoms with Crippen molar-refractivity contribution in [2.45, 2.75) is 12.6 Å². The molecule has 0 aromatic heterocycles. The number of hydrogen-bond donors (Lipinski definition) is 1. The van der Waals surface area contributed by atoms with Crippen molar-refractivity contribution in [3.8, 4) is 6.07 Å². The van der Waals surface area contributed by atoms with Crippen molar-refractivity contribution in [1.82, 2.24) is 10.2 Å². The van der Waals surface area contributed by atoms with Gasteiger partial charge in [-0.15, -0.1) is 0 Å². The van der Waals surface area contributed by atoms with Crippen molar-refractivity contribution in [2.75, 3.05) is 27.3 Å². The summed E-state index contributed by atoms with van der Waals surface area (Å²) in [5.41, 5.74) is 0.717. The lowest BCUT2D eigenvalue weighted by atomic mass is 10.0. The molecule has 0 radical (unpaired) electrons. The summed E-state index contributed by atoms with van der Waals surface area (Å²) in [6.45, 7) is 1.00. The molecule has 1 amide bonds. The van der Waals surface area contributed by atoms with E-state index in [1.165, 1.54) is 23.1 Å². The molecule has 112 valence electrons. The van der Waals surface area contributed by atoms with Crippen LogP contribution in [-0.2, 0) is 16.1 Å². The summed E-state index contributed by atoms with van der Waals surface area (Å²) in [4.78, 5) is 13.9. The van der Waals surface area contributed by atoms with Crippen LogP contribution in [0, 0.1) is 23.1 Å². The van der Waals surface area contributed by atoms with Crippen molar-refractivity contribution >= 4 is 5.91 Å². The number of halogens is 1. The molecule has 1 N–H and O–H groups in total. The van der Waals surface area contributed by atoms with E-state index in [4.69, 9.17) is 10.00 Å². The molecule has 1 aromatic carbocycles. The number of rotatable bonds is 4. The van der Waals surface area contributed by atoms with Gasteiger partial charge in [-0.3, -0.25) is 4.79 Å². The fraction of sp³-hybridized carbons (Fsp3) is 0.467. The number of nitrogens with zero attached hydrogens (tertiary/aromatic N) is 2. The van der Waals surface area contributed by atoms with Crippen LogP contribution in [0.1, 0.15) is 11.1 Å². The number of amides is 1. The van der Waals surface area contributed by atoms with E-state index >= 15 is 0 Å². The van der Waals surface area contributed by atoms with Crippen LogP contribution in [0.15, 0.2) is 18.2 Å². The molecule has 6 heteroatoms. The lowest BCUT2D eigenvalue weighted by Gasteiger charge is -2.24. The second-order valence-electron chi connectivity index (χ2n) is 5.15. The summed E-state index contributed by atoms with van der Waals surface area (Å²) in [7, 11) is 3.42. The molecule has 1 saturated heterocycles. The third-order valence-corrected chi connectivity index (χ3v) is 3.73. The number of likely N-dealkylation sites (N-methyl/N-ethyl adjacent to an activating group) is 1. The van der Waals surface area contributed by atoms with Gasteiger partial charge >= 0.3 is 0 Å². The number of carbonyl (C=O) groups is 1. The van der Waals surface area contributed by atoms with Gasteiger partial charge in [-0.2, -0.15) is 5.26 Å². The molecule has 1 aliphatic rings. The van der Waals surface area contributed by atoms with Gasteiger partial charge < -0.3 is 15.0 Å². The van der Waals surface area contributed by atoms with Crippen LogP contribution >= 0.6 is 0 Å². The van der Waals surface area contributed by atoms with E-state index in [9.17, 15) is 9.18 Å². The number of hydrogen-bond acceptors (Lipinski definition) is 4. The van der Waals surface area contributed by atoms with E-state index in [0.29, 0.717) is 24.3 Å². The van der Waals surface area contributed by atoms with Crippen molar-refractivity contribution in [2.24, 2.45) is 5.92 Å². The summed E-state index contributed by atoms with van der Waals surface area (Å²) in [5, 5.41) is 11.9. The Hall–Kier alpha value is -1.97. The minimum Gasteiger partial charge on any atom is -0.379 e. The van der Waals surface area contributed by atoms with Crippen molar-refractivity contribution in [1.29, 1.82) is 5.26 Å². The van der Waals surface area contributed by atoms with E-state index in [1.807, 2.05) is 6.07 Å². The van der Waals surface area contributed by atoms with E-state index in [-0.39, 0.29) is 24.4 Å². The molecular weight excluding hydrogens is 273 g/mol. The fourth-order valence-electron chi connectivity index (χ4n) is 2.46. The van der Waals surface area contributed by atoms with Crippen LogP contribution < -0.4 is 5.32 Å². The van der Waals surface area contributed by atoms with Crippen LogP contribution in [0.5, 0.6) is 0 Å². The number of nitriles is 1. The topological polar surface area (TPSA) is 65.4 Å². The first kappa shape index (κ1) is 15.4. The average molecular weight is 291 g/mol. The van der Waals surface area contributed by atoms with Crippen molar-refractivity contribution in [3.05, 3.63) is 35.1 Å². The molecule has 0 aliphatic carbocycles. The Bertz CT molecular complexity index is 571. The van der Waals surface area contributed by atoms with Crippen LogP contribution in [0.2, 0.25) is 0 Å². The monoisotopic (exact) mass is 291 g/mol. The minimum absolute atomic E-state index is 0.0183.